The van der Waals surface area contributed by atoms with Crippen LogP contribution in [0.4, 0.5) is 0 Å². The number of hydrogen-bond acceptors (Lipinski definition) is 4. The SMILES string of the molecule is CNCC1CCN(C(=O)c2cccc(S(=O)(=O)N3CC(C)CC(C)C3)c2)C1.Cl. The van der Waals surface area contributed by atoms with Crippen LogP contribution in [-0.2, 0) is 10.0 Å². The second-order valence-corrected chi connectivity index (χ2v) is 10.2. The van der Waals surface area contributed by atoms with Crippen LogP contribution in [0.3, 0.4) is 0 Å². The molecule has 28 heavy (non-hydrogen) atoms. The first-order valence-corrected chi connectivity index (χ1v) is 11.3. The molecule has 1 aromatic carbocycles. The summed E-state index contributed by atoms with van der Waals surface area (Å²) >= 11 is 0. The molecule has 8 heteroatoms. The van der Waals surface area contributed by atoms with E-state index in [0.29, 0.717) is 36.4 Å². The third-order valence-electron chi connectivity index (χ3n) is 5.62. The molecule has 3 rings (SSSR count). The van der Waals surface area contributed by atoms with E-state index in [2.05, 4.69) is 19.2 Å². The lowest BCUT2D eigenvalue weighted by atomic mass is 9.94. The zero-order valence-corrected chi connectivity index (χ0v) is 18.6. The van der Waals surface area contributed by atoms with Gasteiger partial charge in [-0.3, -0.25) is 4.79 Å². The predicted molar refractivity (Wildman–Crippen MR) is 113 cm³/mol. The molecule has 2 heterocycles. The van der Waals surface area contributed by atoms with Crippen molar-refractivity contribution < 1.29 is 13.2 Å². The number of likely N-dealkylation sites (tertiary alicyclic amines) is 1. The van der Waals surface area contributed by atoms with E-state index in [1.54, 1.807) is 28.6 Å². The van der Waals surface area contributed by atoms with Crippen molar-refractivity contribution >= 4 is 28.3 Å². The first-order chi connectivity index (χ1) is 12.8. The van der Waals surface area contributed by atoms with Gasteiger partial charge in [-0.2, -0.15) is 4.31 Å². The Morgan fingerprint density at radius 1 is 1.18 bits per heavy atom. The van der Waals surface area contributed by atoms with E-state index < -0.39 is 10.0 Å². The summed E-state index contributed by atoms with van der Waals surface area (Å²) in [6.07, 6.45) is 2.03. The summed E-state index contributed by atoms with van der Waals surface area (Å²) in [6.45, 7) is 7.61. The molecule has 1 amide bonds. The largest absolute Gasteiger partial charge is 0.338 e. The normalized spacial score (nSPS) is 26.1. The molecule has 2 aliphatic heterocycles. The summed E-state index contributed by atoms with van der Waals surface area (Å²) in [4.78, 5) is 14.9. The summed E-state index contributed by atoms with van der Waals surface area (Å²) in [6, 6.07) is 6.54. The lowest BCUT2D eigenvalue weighted by Gasteiger charge is -2.34. The molecule has 0 radical (unpaired) electrons. The summed E-state index contributed by atoms with van der Waals surface area (Å²) in [5, 5.41) is 3.16. The fourth-order valence-electron chi connectivity index (χ4n) is 4.40. The van der Waals surface area contributed by atoms with Crippen LogP contribution in [0.25, 0.3) is 0 Å². The molecule has 0 saturated carbocycles. The molecule has 0 spiro atoms. The quantitative estimate of drug-likeness (QED) is 0.780. The second kappa shape index (κ2) is 9.57. The van der Waals surface area contributed by atoms with E-state index >= 15 is 0 Å². The van der Waals surface area contributed by atoms with Crippen molar-refractivity contribution in [2.45, 2.75) is 31.6 Å². The van der Waals surface area contributed by atoms with Gasteiger partial charge in [0.1, 0.15) is 0 Å². The van der Waals surface area contributed by atoms with Gasteiger partial charge < -0.3 is 10.2 Å². The Kier molecular flexibility index (Phi) is 7.90. The Morgan fingerprint density at radius 2 is 1.86 bits per heavy atom. The van der Waals surface area contributed by atoms with Crippen LogP contribution in [0, 0.1) is 17.8 Å². The number of amides is 1. The first-order valence-electron chi connectivity index (χ1n) is 9.85. The average molecular weight is 430 g/mol. The fraction of sp³-hybridized carbons (Fsp3) is 0.650. The number of nitrogens with zero attached hydrogens (tertiary/aromatic N) is 2. The number of carbonyl (C=O) groups excluding carboxylic acids is 1. The van der Waals surface area contributed by atoms with Gasteiger partial charge in [0.2, 0.25) is 10.0 Å². The van der Waals surface area contributed by atoms with E-state index in [1.165, 1.54) is 0 Å². The van der Waals surface area contributed by atoms with Crippen LogP contribution >= 0.6 is 12.4 Å². The number of hydrogen-bond donors (Lipinski definition) is 1. The molecule has 1 aromatic rings. The van der Waals surface area contributed by atoms with Gasteiger partial charge in [0.05, 0.1) is 4.90 Å². The van der Waals surface area contributed by atoms with E-state index in [0.717, 1.165) is 32.5 Å². The summed E-state index contributed by atoms with van der Waals surface area (Å²) in [7, 11) is -1.66. The highest BCUT2D eigenvalue weighted by molar-refractivity contribution is 7.89. The lowest BCUT2D eigenvalue weighted by molar-refractivity contribution is 0.0787. The number of halogens is 1. The monoisotopic (exact) mass is 429 g/mol. The van der Waals surface area contributed by atoms with Crippen LogP contribution < -0.4 is 5.32 Å². The molecule has 0 aromatic heterocycles. The summed E-state index contributed by atoms with van der Waals surface area (Å²) in [5.74, 6) is 1.08. The number of rotatable bonds is 5. The van der Waals surface area contributed by atoms with Crippen LogP contribution in [0.2, 0.25) is 0 Å². The molecule has 3 unspecified atom stereocenters. The number of benzene rings is 1. The van der Waals surface area contributed by atoms with Gasteiger partial charge in [0.15, 0.2) is 0 Å². The zero-order chi connectivity index (χ0) is 19.6. The third kappa shape index (κ3) is 5.06. The molecular weight excluding hydrogens is 398 g/mol. The standard InChI is InChI=1S/C20H31N3O3S.ClH/c1-15-9-16(2)13-23(12-15)27(25,26)19-6-4-5-18(10-19)20(24)22-8-7-17(14-22)11-21-3;/h4-6,10,15-17,21H,7-9,11-14H2,1-3H3;1H. The van der Waals surface area contributed by atoms with Crippen LogP contribution in [0.1, 0.15) is 37.0 Å². The van der Waals surface area contributed by atoms with E-state index in [9.17, 15) is 13.2 Å². The topological polar surface area (TPSA) is 69.7 Å². The average Bonchev–Trinajstić information content (AvgIpc) is 3.09. The maximum absolute atomic E-state index is 13.1. The Bertz CT molecular complexity index is 777. The van der Waals surface area contributed by atoms with E-state index in [1.807, 2.05) is 11.9 Å². The van der Waals surface area contributed by atoms with Gasteiger partial charge in [-0.05, 0) is 62.4 Å². The molecule has 0 aliphatic carbocycles. The van der Waals surface area contributed by atoms with Crippen molar-refractivity contribution in [2.24, 2.45) is 17.8 Å². The highest BCUT2D eigenvalue weighted by Crippen LogP contribution is 2.27. The maximum Gasteiger partial charge on any atom is 0.253 e. The molecule has 2 aliphatic rings. The molecule has 158 valence electrons. The van der Waals surface area contributed by atoms with E-state index in [-0.39, 0.29) is 23.2 Å². The van der Waals surface area contributed by atoms with Crippen molar-refractivity contribution in [1.82, 2.24) is 14.5 Å². The Hall–Kier alpha value is -1.15. The smallest absolute Gasteiger partial charge is 0.253 e. The number of sulfonamides is 1. The minimum atomic E-state index is -3.57. The van der Waals surface area contributed by atoms with E-state index in [4.69, 9.17) is 0 Å². The Labute approximate surface area is 175 Å². The molecule has 2 saturated heterocycles. The highest BCUT2D eigenvalue weighted by Gasteiger charge is 2.32. The van der Waals surface area contributed by atoms with Crippen LogP contribution in [0.5, 0.6) is 0 Å². The Morgan fingerprint density at radius 3 is 2.50 bits per heavy atom. The number of carbonyl (C=O) groups is 1. The predicted octanol–water partition coefficient (Wildman–Crippen LogP) is 2.46. The summed E-state index contributed by atoms with van der Waals surface area (Å²) in [5.41, 5.74) is 0.458. The second-order valence-electron chi connectivity index (χ2n) is 8.26. The lowest BCUT2D eigenvalue weighted by Crippen LogP contribution is -2.42. The van der Waals surface area contributed by atoms with Crippen molar-refractivity contribution in [1.29, 1.82) is 0 Å². The van der Waals surface area contributed by atoms with Crippen LogP contribution in [0.15, 0.2) is 29.2 Å². The minimum Gasteiger partial charge on any atom is -0.338 e. The first kappa shape index (κ1) is 23.1. The molecule has 3 atom stereocenters. The highest BCUT2D eigenvalue weighted by atomic mass is 35.5. The van der Waals surface area contributed by atoms with Crippen molar-refractivity contribution in [3.05, 3.63) is 29.8 Å². The molecule has 6 nitrogen and oxygen atoms in total. The maximum atomic E-state index is 13.1. The fourth-order valence-corrected chi connectivity index (χ4v) is 6.12. The van der Waals surface area contributed by atoms with Gasteiger partial charge in [-0.25, -0.2) is 8.42 Å². The summed E-state index contributed by atoms with van der Waals surface area (Å²) < 4.78 is 27.8. The van der Waals surface area contributed by atoms with Crippen molar-refractivity contribution in [2.75, 3.05) is 39.8 Å². The molecule has 0 bridgehead atoms. The minimum absolute atomic E-state index is 0. The van der Waals surface area contributed by atoms with Gasteiger partial charge in [0.25, 0.3) is 5.91 Å². The number of nitrogens with one attached hydrogen (secondary N) is 1. The van der Waals surface area contributed by atoms with Gasteiger partial charge in [-0.15, -0.1) is 12.4 Å². The van der Waals surface area contributed by atoms with Gasteiger partial charge in [0, 0.05) is 31.7 Å². The molecule has 1 N–H and O–H groups in total. The Balaban J connectivity index is 0.00000280. The zero-order valence-electron chi connectivity index (χ0n) is 16.9. The third-order valence-corrected chi connectivity index (χ3v) is 7.45. The number of piperidine rings is 1. The molecular formula is C20H32ClN3O3S. The van der Waals surface area contributed by atoms with Crippen LogP contribution in [-0.4, -0.2) is 63.3 Å². The van der Waals surface area contributed by atoms with Gasteiger partial charge in [-0.1, -0.05) is 19.9 Å². The molecule has 2 fully saturated rings. The van der Waals surface area contributed by atoms with Gasteiger partial charge >= 0.3 is 0 Å². The van der Waals surface area contributed by atoms with Crippen molar-refractivity contribution in [3.8, 4) is 0 Å². The van der Waals surface area contributed by atoms with Crippen molar-refractivity contribution in [3.63, 3.8) is 0 Å².